The van der Waals surface area contributed by atoms with Gasteiger partial charge in [0.1, 0.15) is 29.8 Å². The van der Waals surface area contributed by atoms with Crippen LogP contribution in [0.4, 0.5) is 0 Å². The molecule has 0 radical (unpaired) electrons. The van der Waals surface area contributed by atoms with Gasteiger partial charge in [-0.1, -0.05) is 63.6 Å². The van der Waals surface area contributed by atoms with E-state index in [1.165, 1.54) is 5.57 Å². The number of hydrogen-bond donors (Lipinski definition) is 2. The van der Waals surface area contributed by atoms with Crippen LogP contribution in [0.1, 0.15) is 80.1 Å². The van der Waals surface area contributed by atoms with E-state index < -0.39 is 41.6 Å². The summed E-state index contributed by atoms with van der Waals surface area (Å²) in [4.78, 5) is 13.9. The summed E-state index contributed by atoms with van der Waals surface area (Å²) in [6.07, 6.45) is 11.8. The van der Waals surface area contributed by atoms with Crippen LogP contribution in [-0.2, 0) is 23.7 Å². The molecular weight excluding hydrogens is 508 g/mol. The van der Waals surface area contributed by atoms with E-state index in [0.29, 0.717) is 35.8 Å². The maximum Gasteiger partial charge on any atom is 0.316 e. The molecular formula is C33H48O7. The molecule has 3 saturated heterocycles. The van der Waals surface area contributed by atoms with E-state index in [0.717, 1.165) is 25.7 Å². The quantitative estimate of drug-likeness (QED) is 0.340. The number of carbonyl (C=O) groups excluding carboxylic acids is 1. The molecule has 1 aliphatic carbocycles. The van der Waals surface area contributed by atoms with Crippen molar-refractivity contribution in [1.29, 1.82) is 0 Å². The summed E-state index contributed by atoms with van der Waals surface area (Å²) in [5.41, 5.74) is 0.780. The number of hydrogen-bond acceptors (Lipinski definition) is 7. The van der Waals surface area contributed by atoms with Crippen molar-refractivity contribution in [2.45, 2.75) is 122 Å². The van der Waals surface area contributed by atoms with Crippen LogP contribution in [0, 0.1) is 23.7 Å². The third-order valence-electron chi connectivity index (χ3n) is 9.67. The summed E-state index contributed by atoms with van der Waals surface area (Å²) in [5.74, 6) is -1.22. The van der Waals surface area contributed by atoms with E-state index in [9.17, 15) is 15.0 Å². The molecule has 2 bridgehead atoms. The fourth-order valence-electron chi connectivity index (χ4n) is 7.48. The van der Waals surface area contributed by atoms with Crippen molar-refractivity contribution in [2.24, 2.45) is 23.7 Å². The van der Waals surface area contributed by atoms with E-state index in [2.05, 4.69) is 46.8 Å². The summed E-state index contributed by atoms with van der Waals surface area (Å²) in [6.45, 7) is 12.8. The van der Waals surface area contributed by atoms with E-state index in [1.807, 2.05) is 12.2 Å². The molecule has 7 heteroatoms. The number of aliphatic hydroxyl groups is 2. The van der Waals surface area contributed by atoms with Crippen LogP contribution >= 0.6 is 0 Å². The lowest BCUT2D eigenvalue weighted by molar-refractivity contribution is -0.340. The predicted molar refractivity (Wildman–Crippen MR) is 152 cm³/mol. The summed E-state index contributed by atoms with van der Waals surface area (Å²) in [5, 5.41) is 22.9. The molecule has 0 amide bonds. The van der Waals surface area contributed by atoms with Gasteiger partial charge in [0, 0.05) is 19.3 Å². The molecule has 10 atom stereocenters. The Kier molecular flexibility index (Phi) is 8.53. The fraction of sp³-hybridized carbons (Fsp3) is 0.727. The number of esters is 1. The van der Waals surface area contributed by atoms with Gasteiger partial charge in [0.15, 0.2) is 5.79 Å². The number of rotatable bonds is 1. The van der Waals surface area contributed by atoms with Crippen LogP contribution in [0.25, 0.3) is 0 Å². The zero-order valence-corrected chi connectivity index (χ0v) is 25.0. The minimum absolute atomic E-state index is 0.0712. The van der Waals surface area contributed by atoms with Gasteiger partial charge in [-0.05, 0) is 62.0 Å². The fourth-order valence-corrected chi connectivity index (χ4v) is 7.48. The molecule has 3 fully saturated rings. The normalized spacial score (nSPS) is 47.9. The first-order valence-corrected chi connectivity index (χ1v) is 15.2. The van der Waals surface area contributed by atoms with Crippen LogP contribution in [0.15, 0.2) is 47.1 Å². The Hall–Kier alpha value is -1.77. The molecule has 222 valence electrons. The highest BCUT2D eigenvalue weighted by atomic mass is 16.7. The molecule has 40 heavy (non-hydrogen) atoms. The van der Waals surface area contributed by atoms with Gasteiger partial charge in [-0.2, -0.15) is 0 Å². The SMILES string of the molecule is CC1=C[C@H]2C(=O)O[C@H]3C[C@@H](C/C=C(\C)C[C@@H](C)/C=C/C=C4\CO[C@H]([C@H]1O)[C@@]42O)O[C@@]1(CC[C@H](C)[C@@H](C(C)C)O1)C3. The Bertz CT molecular complexity index is 1090. The summed E-state index contributed by atoms with van der Waals surface area (Å²) >= 11 is 0. The van der Waals surface area contributed by atoms with E-state index in [4.69, 9.17) is 18.9 Å². The highest BCUT2D eigenvalue weighted by Crippen LogP contribution is 2.47. The average Bonchev–Trinajstić information content (AvgIpc) is 3.23. The first-order chi connectivity index (χ1) is 18.9. The van der Waals surface area contributed by atoms with Crippen LogP contribution in [0.2, 0.25) is 0 Å². The Balaban J connectivity index is 1.51. The number of allylic oxidation sites excluding steroid dienone is 4. The molecule has 0 aromatic carbocycles. The minimum Gasteiger partial charge on any atom is -0.462 e. The second-order valence-corrected chi connectivity index (χ2v) is 13.4. The van der Waals surface area contributed by atoms with E-state index >= 15 is 0 Å². The Morgan fingerprint density at radius 3 is 2.65 bits per heavy atom. The molecule has 5 rings (SSSR count). The largest absolute Gasteiger partial charge is 0.462 e. The predicted octanol–water partition coefficient (Wildman–Crippen LogP) is 5.17. The zero-order valence-electron chi connectivity index (χ0n) is 25.0. The summed E-state index contributed by atoms with van der Waals surface area (Å²) in [7, 11) is 0. The van der Waals surface area contributed by atoms with E-state index in [-0.39, 0.29) is 24.7 Å². The highest BCUT2D eigenvalue weighted by Gasteiger charge is 2.60. The van der Waals surface area contributed by atoms with Crippen LogP contribution in [0.5, 0.6) is 0 Å². The van der Waals surface area contributed by atoms with Crippen molar-refractivity contribution < 1.29 is 34.0 Å². The van der Waals surface area contributed by atoms with Crippen molar-refractivity contribution in [3.8, 4) is 0 Å². The Morgan fingerprint density at radius 2 is 1.90 bits per heavy atom. The summed E-state index contributed by atoms with van der Waals surface area (Å²) < 4.78 is 25.6. The van der Waals surface area contributed by atoms with Crippen molar-refractivity contribution >= 4 is 5.97 Å². The van der Waals surface area contributed by atoms with Gasteiger partial charge in [0.25, 0.3) is 0 Å². The molecule has 0 unspecified atom stereocenters. The van der Waals surface area contributed by atoms with Crippen molar-refractivity contribution in [3.05, 3.63) is 47.1 Å². The second-order valence-electron chi connectivity index (χ2n) is 13.4. The number of fused-ring (bicyclic) bond motifs is 2. The molecule has 0 saturated carbocycles. The van der Waals surface area contributed by atoms with Gasteiger partial charge in [0.05, 0.1) is 18.8 Å². The van der Waals surface area contributed by atoms with E-state index in [1.54, 1.807) is 13.0 Å². The molecule has 0 aromatic rings. The molecule has 5 aliphatic rings. The zero-order chi connectivity index (χ0) is 28.8. The molecule has 7 nitrogen and oxygen atoms in total. The van der Waals surface area contributed by atoms with Gasteiger partial charge in [-0.3, -0.25) is 4.79 Å². The van der Waals surface area contributed by atoms with Gasteiger partial charge in [-0.15, -0.1) is 0 Å². The summed E-state index contributed by atoms with van der Waals surface area (Å²) in [6, 6.07) is 0. The van der Waals surface area contributed by atoms with Gasteiger partial charge >= 0.3 is 5.97 Å². The third kappa shape index (κ3) is 5.65. The lowest BCUT2D eigenvalue weighted by Crippen LogP contribution is -2.58. The molecule has 2 N–H and O–H groups in total. The van der Waals surface area contributed by atoms with Crippen molar-refractivity contribution in [2.75, 3.05) is 6.61 Å². The van der Waals surface area contributed by atoms with Crippen LogP contribution < -0.4 is 0 Å². The monoisotopic (exact) mass is 556 g/mol. The lowest BCUT2D eigenvalue weighted by atomic mass is 9.71. The average molecular weight is 557 g/mol. The van der Waals surface area contributed by atoms with Gasteiger partial charge in [0.2, 0.25) is 0 Å². The molecule has 4 heterocycles. The first kappa shape index (κ1) is 29.7. The second kappa shape index (κ2) is 11.5. The first-order valence-electron chi connectivity index (χ1n) is 15.2. The number of aliphatic hydroxyl groups excluding tert-OH is 1. The maximum atomic E-state index is 13.9. The standard InChI is InChI=1S/C33H48O7/c1-19(2)29-22(5)12-13-32(40-29)17-26-16-25(39-32)11-10-21(4)14-20(3)8-7-9-24-18-37-30-28(34)23(6)15-27(31(35)38-26)33(24,30)36/h7-10,15,19-20,22,25-30,34,36H,11-14,16-18H2,1-6H3/b8-7+,21-10+,24-9+/t20-,22-,25+,26-,27-,28-,29+,30+,32+,33+/m0/s1. The molecule has 4 aliphatic heterocycles. The molecule has 0 aromatic heterocycles. The van der Waals surface area contributed by atoms with Crippen molar-refractivity contribution in [1.82, 2.24) is 0 Å². The number of carbonyl (C=O) groups is 1. The maximum absolute atomic E-state index is 13.9. The molecule has 1 spiro atoms. The lowest BCUT2D eigenvalue weighted by Gasteiger charge is -2.50. The minimum atomic E-state index is -1.68. The Morgan fingerprint density at radius 1 is 1.12 bits per heavy atom. The highest BCUT2D eigenvalue weighted by molar-refractivity contribution is 5.78. The third-order valence-corrected chi connectivity index (χ3v) is 9.67. The van der Waals surface area contributed by atoms with Crippen molar-refractivity contribution in [3.63, 3.8) is 0 Å². The topological polar surface area (TPSA) is 94.5 Å². The smallest absolute Gasteiger partial charge is 0.316 e. The van der Waals surface area contributed by atoms with Gasteiger partial charge < -0.3 is 29.2 Å². The van der Waals surface area contributed by atoms with Gasteiger partial charge in [-0.25, -0.2) is 0 Å². The van der Waals surface area contributed by atoms with Crippen LogP contribution in [-0.4, -0.2) is 64.7 Å². The Labute approximate surface area is 239 Å². The van der Waals surface area contributed by atoms with Crippen LogP contribution in [0.3, 0.4) is 0 Å². The number of ether oxygens (including phenoxy) is 4.